The lowest BCUT2D eigenvalue weighted by molar-refractivity contribution is 0.309. The van der Waals surface area contributed by atoms with E-state index >= 15 is 0 Å². The molecule has 0 aromatic carbocycles. The number of hydrogen-bond donors (Lipinski definition) is 2. The highest BCUT2D eigenvalue weighted by Gasteiger charge is 2.24. The molecule has 3 N–H and O–H groups in total. The molecular weight excluding hydrogens is 188 g/mol. The Morgan fingerprint density at radius 3 is 2.87 bits per heavy atom. The van der Waals surface area contributed by atoms with Crippen LogP contribution in [0.3, 0.4) is 0 Å². The highest BCUT2D eigenvalue weighted by atomic mass is 15.2. The highest BCUT2D eigenvalue weighted by Crippen LogP contribution is 2.26. The van der Waals surface area contributed by atoms with Crippen molar-refractivity contribution in [2.45, 2.75) is 32.9 Å². The molecule has 15 heavy (non-hydrogen) atoms. The summed E-state index contributed by atoms with van der Waals surface area (Å²) >= 11 is 0. The molecule has 0 aliphatic carbocycles. The maximum atomic E-state index is 6.15. The van der Waals surface area contributed by atoms with Crippen molar-refractivity contribution in [2.24, 2.45) is 11.7 Å². The van der Waals surface area contributed by atoms with Gasteiger partial charge in [0.2, 0.25) is 0 Å². The average Bonchev–Trinajstić information content (AvgIpc) is 2.59. The molecule has 4 nitrogen and oxygen atoms in total. The second-order valence-electron chi connectivity index (χ2n) is 4.82. The summed E-state index contributed by atoms with van der Waals surface area (Å²) in [6.07, 6.45) is 1.06. The molecule has 0 fully saturated rings. The summed E-state index contributed by atoms with van der Waals surface area (Å²) < 4.78 is 0. The summed E-state index contributed by atoms with van der Waals surface area (Å²) in [5.74, 6) is 0.435. The summed E-state index contributed by atoms with van der Waals surface area (Å²) in [6.45, 7) is 6.35. The molecule has 2 rings (SSSR count). The molecule has 0 bridgehead atoms. The fourth-order valence-corrected chi connectivity index (χ4v) is 2.04. The summed E-state index contributed by atoms with van der Waals surface area (Å²) in [5, 5.41) is 7.50. The van der Waals surface area contributed by atoms with Gasteiger partial charge in [-0.3, -0.25) is 5.10 Å². The van der Waals surface area contributed by atoms with Crippen LogP contribution in [0.2, 0.25) is 0 Å². The molecule has 0 radical (unpaired) electrons. The van der Waals surface area contributed by atoms with Gasteiger partial charge in [0.25, 0.3) is 0 Å². The van der Waals surface area contributed by atoms with Crippen molar-refractivity contribution in [3.05, 3.63) is 17.0 Å². The van der Waals surface area contributed by atoms with Crippen LogP contribution in [0.4, 0.5) is 0 Å². The van der Waals surface area contributed by atoms with E-state index < -0.39 is 0 Å². The fraction of sp³-hybridized carbons (Fsp3) is 0.727. The number of nitrogens with two attached hydrogens (primary N) is 1. The lowest BCUT2D eigenvalue weighted by atomic mass is 9.96. The normalized spacial score (nSPS) is 19.3. The molecular formula is C11H20N4. The first kappa shape index (κ1) is 10.6. The number of aromatic nitrogens is 2. The van der Waals surface area contributed by atoms with Crippen LogP contribution in [-0.2, 0) is 13.0 Å². The summed E-state index contributed by atoms with van der Waals surface area (Å²) in [6, 6.07) is 0.0523. The summed E-state index contributed by atoms with van der Waals surface area (Å²) in [7, 11) is 2.14. The van der Waals surface area contributed by atoms with E-state index in [-0.39, 0.29) is 6.04 Å². The topological polar surface area (TPSA) is 57.9 Å². The number of rotatable bonds is 2. The Balaban J connectivity index is 2.30. The first-order valence-electron chi connectivity index (χ1n) is 5.59. The number of likely N-dealkylation sites (N-methyl/N-ethyl adjacent to an activating group) is 1. The van der Waals surface area contributed by atoms with E-state index in [1.807, 2.05) is 0 Å². The smallest absolute Gasteiger partial charge is 0.0839 e. The number of fused-ring (bicyclic) bond motifs is 1. The van der Waals surface area contributed by atoms with Crippen molar-refractivity contribution < 1.29 is 0 Å². The number of hydrogen-bond acceptors (Lipinski definition) is 3. The Kier molecular flexibility index (Phi) is 2.80. The zero-order valence-electron chi connectivity index (χ0n) is 9.75. The third kappa shape index (κ3) is 1.92. The molecule has 4 heteroatoms. The standard InChI is InChI=1S/C11H20N4/c1-7(2)10(12)11-8-6-15(3)5-4-9(8)13-14-11/h7,10H,4-6,12H2,1-3H3,(H,13,14). The van der Waals surface area contributed by atoms with E-state index in [9.17, 15) is 0 Å². The van der Waals surface area contributed by atoms with Crippen molar-refractivity contribution >= 4 is 0 Å². The van der Waals surface area contributed by atoms with Gasteiger partial charge in [0.15, 0.2) is 0 Å². The van der Waals surface area contributed by atoms with Gasteiger partial charge in [-0.05, 0) is 13.0 Å². The maximum Gasteiger partial charge on any atom is 0.0839 e. The minimum absolute atomic E-state index is 0.0523. The second-order valence-corrected chi connectivity index (χ2v) is 4.82. The minimum atomic E-state index is 0.0523. The van der Waals surface area contributed by atoms with E-state index in [4.69, 9.17) is 5.73 Å². The van der Waals surface area contributed by atoms with Gasteiger partial charge < -0.3 is 10.6 Å². The van der Waals surface area contributed by atoms with Gasteiger partial charge >= 0.3 is 0 Å². The van der Waals surface area contributed by atoms with E-state index in [0.717, 1.165) is 25.2 Å². The van der Waals surface area contributed by atoms with Gasteiger partial charge in [0.1, 0.15) is 0 Å². The SMILES string of the molecule is CC(C)C(N)c1n[nH]c2c1CN(C)CC2. The third-order valence-corrected chi connectivity index (χ3v) is 3.19. The van der Waals surface area contributed by atoms with Crippen molar-refractivity contribution in [3.8, 4) is 0 Å². The first-order chi connectivity index (χ1) is 7.09. The van der Waals surface area contributed by atoms with Crippen molar-refractivity contribution in [3.63, 3.8) is 0 Å². The zero-order valence-corrected chi connectivity index (χ0v) is 9.75. The van der Waals surface area contributed by atoms with Crippen LogP contribution < -0.4 is 5.73 Å². The monoisotopic (exact) mass is 208 g/mol. The lowest BCUT2D eigenvalue weighted by Gasteiger charge is -2.24. The number of nitrogens with zero attached hydrogens (tertiary/aromatic N) is 2. The van der Waals surface area contributed by atoms with Gasteiger partial charge in [0.05, 0.1) is 11.7 Å². The molecule has 0 saturated carbocycles. The predicted molar refractivity (Wildman–Crippen MR) is 60.4 cm³/mol. The van der Waals surface area contributed by atoms with Crippen LogP contribution in [0.15, 0.2) is 0 Å². The van der Waals surface area contributed by atoms with Crippen LogP contribution in [0.5, 0.6) is 0 Å². The molecule has 0 spiro atoms. The Bertz CT molecular complexity index is 342. The molecule has 84 valence electrons. The summed E-state index contributed by atoms with van der Waals surface area (Å²) in [4.78, 5) is 2.31. The minimum Gasteiger partial charge on any atom is -0.322 e. The van der Waals surface area contributed by atoms with E-state index in [0.29, 0.717) is 5.92 Å². The average molecular weight is 208 g/mol. The lowest BCUT2D eigenvalue weighted by Crippen LogP contribution is -2.28. The fourth-order valence-electron chi connectivity index (χ4n) is 2.04. The maximum absolute atomic E-state index is 6.15. The second kappa shape index (κ2) is 3.94. The van der Waals surface area contributed by atoms with Crippen molar-refractivity contribution in [2.75, 3.05) is 13.6 Å². The molecule has 1 aromatic heterocycles. The van der Waals surface area contributed by atoms with Crippen LogP contribution in [0, 0.1) is 5.92 Å². The molecule has 1 unspecified atom stereocenters. The molecule has 1 aliphatic heterocycles. The third-order valence-electron chi connectivity index (χ3n) is 3.19. The predicted octanol–water partition coefficient (Wildman–Crippen LogP) is 1.05. The van der Waals surface area contributed by atoms with Gasteiger partial charge in [0, 0.05) is 30.8 Å². The Hall–Kier alpha value is -0.870. The molecule has 0 saturated heterocycles. The Labute approximate surface area is 90.8 Å². The van der Waals surface area contributed by atoms with Crippen LogP contribution in [0.25, 0.3) is 0 Å². The first-order valence-corrected chi connectivity index (χ1v) is 5.59. The zero-order chi connectivity index (χ0) is 11.0. The van der Waals surface area contributed by atoms with E-state index in [1.165, 1.54) is 11.3 Å². The Morgan fingerprint density at radius 1 is 1.47 bits per heavy atom. The quantitative estimate of drug-likeness (QED) is 0.764. The van der Waals surface area contributed by atoms with Gasteiger partial charge in [-0.2, -0.15) is 5.10 Å². The van der Waals surface area contributed by atoms with Crippen molar-refractivity contribution in [1.82, 2.24) is 15.1 Å². The Morgan fingerprint density at radius 2 is 2.20 bits per heavy atom. The molecule has 0 amide bonds. The number of aromatic amines is 1. The number of H-pyrrole nitrogens is 1. The summed E-state index contributed by atoms with van der Waals surface area (Å²) in [5.41, 5.74) is 9.81. The molecule has 2 heterocycles. The van der Waals surface area contributed by atoms with E-state index in [1.54, 1.807) is 0 Å². The van der Waals surface area contributed by atoms with Crippen LogP contribution in [0.1, 0.15) is 36.8 Å². The molecule has 1 aromatic rings. The van der Waals surface area contributed by atoms with Gasteiger partial charge in [-0.15, -0.1) is 0 Å². The highest BCUT2D eigenvalue weighted by molar-refractivity contribution is 5.29. The van der Waals surface area contributed by atoms with Crippen molar-refractivity contribution in [1.29, 1.82) is 0 Å². The molecule has 1 aliphatic rings. The van der Waals surface area contributed by atoms with E-state index in [2.05, 4.69) is 36.0 Å². The van der Waals surface area contributed by atoms with Gasteiger partial charge in [-0.25, -0.2) is 0 Å². The largest absolute Gasteiger partial charge is 0.322 e. The van der Waals surface area contributed by atoms with Gasteiger partial charge in [-0.1, -0.05) is 13.8 Å². The molecule has 1 atom stereocenters. The number of nitrogens with one attached hydrogen (secondary N) is 1. The van der Waals surface area contributed by atoms with Crippen LogP contribution >= 0.6 is 0 Å². The van der Waals surface area contributed by atoms with Crippen LogP contribution in [-0.4, -0.2) is 28.7 Å².